The lowest BCUT2D eigenvalue weighted by Crippen LogP contribution is -2.37. The van der Waals surface area contributed by atoms with Gasteiger partial charge in [0.2, 0.25) is 10.0 Å². The van der Waals surface area contributed by atoms with Crippen molar-refractivity contribution in [2.75, 3.05) is 25.6 Å². The molecule has 1 saturated carbocycles. The van der Waals surface area contributed by atoms with Gasteiger partial charge < -0.3 is 10.1 Å². The van der Waals surface area contributed by atoms with Crippen LogP contribution in [0, 0.1) is 16.0 Å². The molecule has 0 bridgehead atoms. The van der Waals surface area contributed by atoms with Crippen LogP contribution in [0.2, 0.25) is 0 Å². The Labute approximate surface area is 154 Å². The molecule has 2 N–H and O–H groups in total. The molecule has 0 amide bonds. The van der Waals surface area contributed by atoms with E-state index in [0.29, 0.717) is 31.2 Å². The lowest BCUT2D eigenvalue weighted by atomic mass is 9.88. The van der Waals surface area contributed by atoms with Crippen LogP contribution in [0.1, 0.15) is 39.0 Å². The molecule has 26 heavy (non-hydrogen) atoms. The van der Waals surface area contributed by atoms with Crippen molar-refractivity contribution >= 4 is 21.4 Å². The topological polar surface area (TPSA) is 111 Å². The maximum atomic E-state index is 12.6. The Kier molecular flexibility index (Phi) is 7.36. The number of anilines is 1. The van der Waals surface area contributed by atoms with Gasteiger partial charge in [0, 0.05) is 32.4 Å². The Balaban J connectivity index is 2.12. The van der Waals surface area contributed by atoms with E-state index in [1.807, 2.05) is 0 Å². The third kappa shape index (κ3) is 5.65. The Hall–Kier alpha value is -1.71. The molecule has 1 aliphatic rings. The molecule has 1 aromatic carbocycles. The molecule has 0 aliphatic heterocycles. The van der Waals surface area contributed by atoms with Crippen molar-refractivity contribution in [1.29, 1.82) is 0 Å². The quantitative estimate of drug-likeness (QED) is 0.384. The number of benzene rings is 1. The van der Waals surface area contributed by atoms with Crippen molar-refractivity contribution in [3.05, 3.63) is 28.3 Å². The number of hydrogen-bond acceptors (Lipinski definition) is 6. The average molecular weight is 385 g/mol. The largest absolute Gasteiger partial charge is 0.385 e. The summed E-state index contributed by atoms with van der Waals surface area (Å²) in [5.41, 5.74) is 0.0547. The van der Waals surface area contributed by atoms with Gasteiger partial charge in [0.15, 0.2) is 0 Å². The van der Waals surface area contributed by atoms with Crippen LogP contribution in [-0.4, -0.2) is 39.6 Å². The number of nitro benzene ring substituents is 1. The summed E-state index contributed by atoms with van der Waals surface area (Å²) in [6.45, 7) is 3.20. The molecule has 8 nitrogen and oxygen atoms in total. The maximum Gasteiger partial charge on any atom is 0.293 e. The van der Waals surface area contributed by atoms with E-state index >= 15 is 0 Å². The summed E-state index contributed by atoms with van der Waals surface area (Å²) in [7, 11) is -2.20. The molecule has 1 aromatic rings. The first-order chi connectivity index (χ1) is 12.3. The number of nitrogens with zero attached hydrogens (tertiary/aromatic N) is 1. The second kappa shape index (κ2) is 9.29. The highest BCUT2D eigenvalue weighted by Gasteiger charge is 2.26. The third-order valence-electron chi connectivity index (χ3n) is 4.65. The van der Waals surface area contributed by atoms with Crippen molar-refractivity contribution in [2.24, 2.45) is 5.92 Å². The number of hydrogen-bond donors (Lipinski definition) is 2. The van der Waals surface area contributed by atoms with E-state index in [4.69, 9.17) is 4.74 Å². The fraction of sp³-hybridized carbons (Fsp3) is 0.647. The monoisotopic (exact) mass is 385 g/mol. The van der Waals surface area contributed by atoms with Gasteiger partial charge in [-0.05, 0) is 50.2 Å². The number of methoxy groups -OCH3 is 1. The minimum absolute atomic E-state index is 0.0785. The number of nitrogens with one attached hydrogen (secondary N) is 2. The molecular weight excluding hydrogens is 358 g/mol. The average Bonchev–Trinajstić information content (AvgIpc) is 2.60. The van der Waals surface area contributed by atoms with Gasteiger partial charge in [0.05, 0.1) is 9.82 Å². The summed E-state index contributed by atoms with van der Waals surface area (Å²) < 4.78 is 32.8. The van der Waals surface area contributed by atoms with Crippen molar-refractivity contribution in [1.82, 2.24) is 4.72 Å². The molecule has 9 heteroatoms. The van der Waals surface area contributed by atoms with Gasteiger partial charge in [-0.25, -0.2) is 13.1 Å². The number of rotatable bonds is 9. The molecule has 0 unspecified atom stereocenters. The highest BCUT2D eigenvalue weighted by Crippen LogP contribution is 2.29. The van der Waals surface area contributed by atoms with Gasteiger partial charge in [0.25, 0.3) is 5.69 Å². The molecule has 0 radical (unpaired) electrons. The minimum Gasteiger partial charge on any atom is -0.385 e. The van der Waals surface area contributed by atoms with Crippen LogP contribution in [0.25, 0.3) is 0 Å². The Morgan fingerprint density at radius 2 is 1.96 bits per heavy atom. The molecule has 0 atom stereocenters. The Morgan fingerprint density at radius 3 is 2.58 bits per heavy atom. The zero-order valence-electron chi connectivity index (χ0n) is 15.2. The van der Waals surface area contributed by atoms with Gasteiger partial charge in [-0.3, -0.25) is 10.1 Å². The van der Waals surface area contributed by atoms with E-state index in [1.54, 1.807) is 7.11 Å². The molecule has 0 spiro atoms. The number of nitro groups is 1. The summed E-state index contributed by atoms with van der Waals surface area (Å²) in [6, 6.07) is 3.86. The van der Waals surface area contributed by atoms with Gasteiger partial charge in [-0.1, -0.05) is 6.92 Å². The van der Waals surface area contributed by atoms with E-state index in [1.165, 1.54) is 12.1 Å². The van der Waals surface area contributed by atoms with Crippen molar-refractivity contribution in [2.45, 2.75) is 50.0 Å². The maximum absolute atomic E-state index is 12.6. The van der Waals surface area contributed by atoms with Crippen LogP contribution in [-0.2, 0) is 14.8 Å². The first kappa shape index (κ1) is 20.6. The van der Waals surface area contributed by atoms with Crippen LogP contribution in [0.3, 0.4) is 0 Å². The molecule has 2 rings (SSSR count). The zero-order valence-corrected chi connectivity index (χ0v) is 16.0. The van der Waals surface area contributed by atoms with Crippen molar-refractivity contribution in [3.8, 4) is 0 Å². The highest BCUT2D eigenvalue weighted by atomic mass is 32.2. The molecule has 1 aliphatic carbocycles. The van der Waals surface area contributed by atoms with Crippen LogP contribution in [0.15, 0.2) is 23.1 Å². The normalized spacial score (nSPS) is 20.7. The summed E-state index contributed by atoms with van der Waals surface area (Å²) in [6.07, 6.45) is 4.24. The fourth-order valence-corrected chi connectivity index (χ4v) is 4.41. The van der Waals surface area contributed by atoms with E-state index in [0.717, 1.165) is 31.7 Å². The van der Waals surface area contributed by atoms with Gasteiger partial charge in [-0.2, -0.15) is 0 Å². The van der Waals surface area contributed by atoms with Crippen LogP contribution in [0.4, 0.5) is 11.4 Å². The molecule has 0 saturated heterocycles. The third-order valence-corrected chi connectivity index (χ3v) is 6.17. The molecule has 0 aromatic heterocycles. The van der Waals surface area contributed by atoms with E-state index < -0.39 is 14.9 Å². The summed E-state index contributed by atoms with van der Waals surface area (Å²) in [4.78, 5) is 10.7. The molecular formula is C17H27N3O5S. The van der Waals surface area contributed by atoms with E-state index in [2.05, 4.69) is 17.0 Å². The van der Waals surface area contributed by atoms with Crippen LogP contribution >= 0.6 is 0 Å². The van der Waals surface area contributed by atoms with Crippen LogP contribution < -0.4 is 10.0 Å². The molecule has 0 heterocycles. The molecule has 146 valence electrons. The Bertz CT molecular complexity index is 715. The SMILES string of the molecule is COCCCNc1ccc(S(=O)(=O)NC2CCC(C)CC2)cc1[N+](=O)[O-]. The van der Waals surface area contributed by atoms with E-state index in [9.17, 15) is 18.5 Å². The first-order valence-corrected chi connectivity index (χ1v) is 10.4. The molecule has 1 fully saturated rings. The van der Waals surface area contributed by atoms with Crippen molar-refractivity contribution < 1.29 is 18.1 Å². The second-order valence-electron chi connectivity index (χ2n) is 6.79. The predicted molar refractivity (Wildman–Crippen MR) is 99.8 cm³/mol. The fourth-order valence-electron chi connectivity index (χ4n) is 3.08. The first-order valence-electron chi connectivity index (χ1n) is 8.87. The van der Waals surface area contributed by atoms with Gasteiger partial charge >= 0.3 is 0 Å². The zero-order chi connectivity index (χ0) is 19.2. The minimum atomic E-state index is -3.78. The summed E-state index contributed by atoms with van der Waals surface area (Å²) >= 11 is 0. The van der Waals surface area contributed by atoms with Gasteiger partial charge in [-0.15, -0.1) is 0 Å². The second-order valence-corrected chi connectivity index (χ2v) is 8.50. The highest BCUT2D eigenvalue weighted by molar-refractivity contribution is 7.89. The number of ether oxygens (including phenoxy) is 1. The Morgan fingerprint density at radius 1 is 1.27 bits per heavy atom. The summed E-state index contributed by atoms with van der Waals surface area (Å²) in [5, 5.41) is 14.3. The lowest BCUT2D eigenvalue weighted by molar-refractivity contribution is -0.384. The predicted octanol–water partition coefficient (Wildman–Crippen LogP) is 2.90. The smallest absolute Gasteiger partial charge is 0.293 e. The van der Waals surface area contributed by atoms with E-state index in [-0.39, 0.29) is 16.6 Å². The number of sulfonamides is 1. The standard InChI is InChI=1S/C17H27N3O5S/c1-13-4-6-14(7-5-13)19-26(23,24)15-8-9-16(17(12-15)20(21)22)18-10-3-11-25-2/h8-9,12-14,18-19H,3-7,10-11H2,1-2H3. The van der Waals surface area contributed by atoms with Crippen molar-refractivity contribution in [3.63, 3.8) is 0 Å². The lowest BCUT2D eigenvalue weighted by Gasteiger charge is -2.26. The van der Waals surface area contributed by atoms with Gasteiger partial charge in [0.1, 0.15) is 5.69 Å². The summed E-state index contributed by atoms with van der Waals surface area (Å²) in [5.74, 6) is 0.611. The van der Waals surface area contributed by atoms with Crippen LogP contribution in [0.5, 0.6) is 0 Å².